The number of nitrogens with zero attached hydrogens (tertiary/aromatic N) is 1. The Balaban J connectivity index is 1.70. The van der Waals surface area contributed by atoms with Gasteiger partial charge in [-0.05, 0) is 29.7 Å². The summed E-state index contributed by atoms with van der Waals surface area (Å²) in [6.45, 7) is 0.830. The molecule has 0 radical (unpaired) electrons. The molecule has 1 saturated heterocycles. The highest BCUT2D eigenvalue weighted by Crippen LogP contribution is 2.36. The second kappa shape index (κ2) is 6.70. The van der Waals surface area contributed by atoms with Gasteiger partial charge in [-0.15, -0.1) is 0 Å². The van der Waals surface area contributed by atoms with E-state index in [1.54, 1.807) is 7.11 Å². The van der Waals surface area contributed by atoms with E-state index in [4.69, 9.17) is 4.74 Å². The molecular formula is C17H20N2O3S. The highest BCUT2D eigenvalue weighted by molar-refractivity contribution is 7.87. The van der Waals surface area contributed by atoms with Gasteiger partial charge in [-0.3, -0.25) is 0 Å². The molecule has 0 saturated carbocycles. The third-order valence-electron chi connectivity index (χ3n) is 4.06. The van der Waals surface area contributed by atoms with E-state index < -0.39 is 10.2 Å². The Kier molecular flexibility index (Phi) is 4.66. The minimum Gasteiger partial charge on any atom is -0.497 e. The van der Waals surface area contributed by atoms with Crippen LogP contribution in [-0.4, -0.2) is 26.4 Å². The summed E-state index contributed by atoms with van der Waals surface area (Å²) in [7, 11) is -1.89. The lowest BCUT2D eigenvalue weighted by molar-refractivity contribution is 0.199. The average Bonchev–Trinajstić information content (AvgIpc) is 2.53. The molecule has 0 aromatic heterocycles. The van der Waals surface area contributed by atoms with Gasteiger partial charge in [0.1, 0.15) is 5.75 Å². The molecule has 0 spiro atoms. The van der Waals surface area contributed by atoms with Crippen molar-refractivity contribution in [3.63, 3.8) is 0 Å². The Hall–Kier alpha value is -1.89. The highest BCUT2D eigenvalue weighted by atomic mass is 32.2. The van der Waals surface area contributed by atoms with Crippen molar-refractivity contribution in [1.29, 1.82) is 0 Å². The topological polar surface area (TPSA) is 58.6 Å². The van der Waals surface area contributed by atoms with E-state index in [1.807, 2.05) is 54.6 Å². The fourth-order valence-electron chi connectivity index (χ4n) is 2.69. The number of nitrogens with one attached hydrogen (secondary N) is 1. The van der Waals surface area contributed by atoms with E-state index >= 15 is 0 Å². The fraction of sp³-hybridized carbons (Fsp3) is 0.294. The second-order valence-corrected chi connectivity index (χ2v) is 7.21. The van der Waals surface area contributed by atoms with Gasteiger partial charge in [-0.1, -0.05) is 42.5 Å². The van der Waals surface area contributed by atoms with Crippen molar-refractivity contribution in [1.82, 2.24) is 9.03 Å². The molecule has 1 heterocycles. The smallest absolute Gasteiger partial charge is 0.280 e. The summed E-state index contributed by atoms with van der Waals surface area (Å²) in [6, 6.07) is 16.9. The lowest BCUT2D eigenvalue weighted by Crippen LogP contribution is -2.50. The molecule has 6 heteroatoms. The average molecular weight is 332 g/mol. The van der Waals surface area contributed by atoms with E-state index in [-0.39, 0.29) is 6.04 Å². The third-order valence-corrected chi connectivity index (χ3v) is 5.62. The normalized spacial score (nSPS) is 18.4. The monoisotopic (exact) mass is 332 g/mol. The zero-order valence-electron chi connectivity index (χ0n) is 13.0. The van der Waals surface area contributed by atoms with E-state index in [2.05, 4.69) is 4.72 Å². The van der Waals surface area contributed by atoms with E-state index in [9.17, 15) is 8.42 Å². The lowest BCUT2D eigenvalue weighted by atomic mass is 9.98. The molecule has 0 aliphatic carbocycles. The number of hydrogen-bond acceptors (Lipinski definition) is 3. The zero-order valence-corrected chi connectivity index (χ0v) is 13.8. The van der Waals surface area contributed by atoms with E-state index in [0.717, 1.165) is 23.3 Å². The van der Waals surface area contributed by atoms with Gasteiger partial charge < -0.3 is 4.74 Å². The van der Waals surface area contributed by atoms with Crippen molar-refractivity contribution in [2.45, 2.75) is 19.0 Å². The molecule has 0 amide bonds. The fourth-order valence-corrected chi connectivity index (χ4v) is 4.11. The molecule has 3 rings (SSSR count). The maximum absolute atomic E-state index is 12.5. The van der Waals surface area contributed by atoms with Gasteiger partial charge in [-0.25, -0.2) is 0 Å². The van der Waals surface area contributed by atoms with Gasteiger partial charge in [-0.2, -0.15) is 17.4 Å². The Morgan fingerprint density at radius 1 is 1.17 bits per heavy atom. The summed E-state index contributed by atoms with van der Waals surface area (Å²) in [6.07, 6.45) is 0.819. The second-order valence-electron chi connectivity index (χ2n) is 5.50. The lowest BCUT2D eigenvalue weighted by Gasteiger charge is -2.39. The van der Waals surface area contributed by atoms with Gasteiger partial charge >= 0.3 is 0 Å². The number of rotatable bonds is 6. The maximum atomic E-state index is 12.5. The van der Waals surface area contributed by atoms with Crippen molar-refractivity contribution in [3.05, 3.63) is 65.7 Å². The van der Waals surface area contributed by atoms with Crippen molar-refractivity contribution in [3.8, 4) is 5.75 Å². The predicted octanol–water partition coefficient (Wildman–Crippen LogP) is 2.48. The van der Waals surface area contributed by atoms with Crippen LogP contribution in [0.3, 0.4) is 0 Å². The SMILES string of the molecule is COc1cccc([C@@H]2CCN2S(=O)(=O)NCc2ccccc2)c1. The van der Waals surface area contributed by atoms with Crippen molar-refractivity contribution >= 4 is 10.2 Å². The van der Waals surface area contributed by atoms with Crippen LogP contribution in [0.15, 0.2) is 54.6 Å². The molecule has 1 N–H and O–H groups in total. The number of methoxy groups -OCH3 is 1. The Morgan fingerprint density at radius 2 is 1.96 bits per heavy atom. The molecular weight excluding hydrogens is 312 g/mol. The van der Waals surface area contributed by atoms with Crippen LogP contribution in [-0.2, 0) is 16.8 Å². The maximum Gasteiger partial charge on any atom is 0.280 e. The van der Waals surface area contributed by atoms with Crippen LogP contribution in [0.1, 0.15) is 23.6 Å². The Labute approximate surface area is 137 Å². The standard InChI is InChI=1S/C17H20N2O3S/c1-22-16-9-5-8-15(12-16)17-10-11-19(17)23(20,21)18-13-14-6-3-2-4-7-14/h2-9,12,17-18H,10-11,13H2,1H3/t17-/m0/s1. The quantitative estimate of drug-likeness (QED) is 0.884. The summed E-state index contributed by atoms with van der Waals surface area (Å²) in [5.74, 6) is 0.740. The third kappa shape index (κ3) is 3.55. The zero-order chi connectivity index (χ0) is 16.3. The highest BCUT2D eigenvalue weighted by Gasteiger charge is 2.38. The van der Waals surface area contributed by atoms with Gasteiger partial charge in [0.2, 0.25) is 0 Å². The van der Waals surface area contributed by atoms with Crippen LogP contribution in [0.5, 0.6) is 5.75 Å². The summed E-state index contributed by atoms with van der Waals surface area (Å²) >= 11 is 0. The van der Waals surface area contributed by atoms with Gasteiger partial charge in [0.25, 0.3) is 10.2 Å². The molecule has 122 valence electrons. The van der Waals surface area contributed by atoms with Crippen LogP contribution in [0.25, 0.3) is 0 Å². The molecule has 23 heavy (non-hydrogen) atoms. The summed E-state index contributed by atoms with van der Waals surface area (Å²) in [4.78, 5) is 0. The van der Waals surface area contributed by atoms with E-state index in [1.165, 1.54) is 4.31 Å². The molecule has 1 atom stereocenters. The van der Waals surface area contributed by atoms with Crippen LogP contribution in [0.2, 0.25) is 0 Å². The first-order chi connectivity index (χ1) is 11.1. The number of ether oxygens (including phenoxy) is 1. The van der Waals surface area contributed by atoms with Gasteiger partial charge in [0.15, 0.2) is 0 Å². The molecule has 0 unspecified atom stereocenters. The number of hydrogen-bond donors (Lipinski definition) is 1. The first kappa shape index (κ1) is 16.0. The minimum atomic E-state index is -3.50. The van der Waals surface area contributed by atoms with E-state index in [0.29, 0.717) is 13.1 Å². The summed E-state index contributed by atoms with van der Waals surface area (Å²) in [5, 5.41) is 0. The van der Waals surface area contributed by atoms with Crippen LogP contribution in [0.4, 0.5) is 0 Å². The van der Waals surface area contributed by atoms with Gasteiger partial charge in [0.05, 0.1) is 13.2 Å². The molecule has 1 aliphatic rings. The molecule has 1 fully saturated rings. The number of benzene rings is 2. The molecule has 2 aromatic rings. The first-order valence-electron chi connectivity index (χ1n) is 7.54. The summed E-state index contributed by atoms with van der Waals surface area (Å²) in [5.41, 5.74) is 1.90. The first-order valence-corrected chi connectivity index (χ1v) is 8.98. The Morgan fingerprint density at radius 3 is 2.61 bits per heavy atom. The van der Waals surface area contributed by atoms with Crippen LogP contribution in [0, 0.1) is 0 Å². The van der Waals surface area contributed by atoms with Crippen molar-refractivity contribution < 1.29 is 13.2 Å². The minimum absolute atomic E-state index is 0.127. The molecule has 5 nitrogen and oxygen atoms in total. The Bertz CT molecular complexity index is 762. The van der Waals surface area contributed by atoms with Crippen LogP contribution < -0.4 is 9.46 Å². The van der Waals surface area contributed by atoms with Crippen molar-refractivity contribution in [2.24, 2.45) is 0 Å². The van der Waals surface area contributed by atoms with Gasteiger partial charge in [0, 0.05) is 13.1 Å². The van der Waals surface area contributed by atoms with Crippen LogP contribution >= 0.6 is 0 Å². The summed E-state index contributed by atoms with van der Waals surface area (Å²) < 4.78 is 34.4. The molecule has 0 bridgehead atoms. The largest absolute Gasteiger partial charge is 0.497 e. The van der Waals surface area contributed by atoms with Crippen molar-refractivity contribution in [2.75, 3.05) is 13.7 Å². The predicted molar refractivity (Wildman–Crippen MR) is 89.3 cm³/mol. The molecule has 2 aromatic carbocycles. The molecule has 1 aliphatic heterocycles.